The quantitative estimate of drug-likeness (QED) is 0.446. The topological polar surface area (TPSA) is 88.1 Å². The number of hydrogen-bond acceptors (Lipinski definition) is 7. The van der Waals surface area contributed by atoms with Gasteiger partial charge in [0.2, 0.25) is 6.10 Å². The van der Waals surface area contributed by atoms with E-state index >= 15 is 0 Å². The van der Waals surface area contributed by atoms with E-state index in [9.17, 15) is 26.4 Å². The molecule has 11 heteroatoms. The van der Waals surface area contributed by atoms with Gasteiger partial charge in [0.15, 0.2) is 12.4 Å². The molecule has 0 aromatic heterocycles. The van der Waals surface area contributed by atoms with Crippen molar-refractivity contribution in [3.63, 3.8) is 0 Å². The van der Waals surface area contributed by atoms with Crippen LogP contribution in [0.5, 0.6) is 0 Å². The lowest BCUT2D eigenvalue weighted by Gasteiger charge is -2.36. The summed E-state index contributed by atoms with van der Waals surface area (Å²) in [6.45, 7) is 1.53. The van der Waals surface area contributed by atoms with Crippen LogP contribution in [-0.2, 0) is 33.3 Å². The van der Waals surface area contributed by atoms with Gasteiger partial charge in [0.25, 0.3) is 0 Å². The number of esters is 1. The minimum absolute atomic E-state index is 0.546. The molecule has 2 heterocycles. The molecule has 0 N–H and O–H groups in total. The van der Waals surface area contributed by atoms with Crippen molar-refractivity contribution >= 4 is 16.1 Å². The second-order valence-electron chi connectivity index (χ2n) is 5.50. The third-order valence-corrected chi connectivity index (χ3v) is 4.80. The summed E-state index contributed by atoms with van der Waals surface area (Å²) in [7, 11) is -5.99. The standard InChI is InChI=1S/C14H13F3O7S/c1-7-9-10(23-13(21-7)8-5-3-2-4-6-8)11(12(18)22-9)24-25(19,20)14(15,16)17/h2-7,9-11,13H,1H3/t7-,9-,10+,11-,13-/m0/s1. The van der Waals surface area contributed by atoms with Gasteiger partial charge in [0.05, 0.1) is 6.10 Å². The number of alkyl halides is 3. The Morgan fingerprint density at radius 3 is 2.32 bits per heavy atom. The van der Waals surface area contributed by atoms with Crippen LogP contribution < -0.4 is 0 Å². The SMILES string of the molecule is C[C@@H]1O[C@H](c2ccccc2)O[C@@H]2[C@H]1OC(=O)[C@H]2OS(=O)(=O)C(F)(F)F. The molecule has 0 radical (unpaired) electrons. The lowest BCUT2D eigenvalue weighted by molar-refractivity contribution is -0.277. The first-order valence-corrected chi connectivity index (χ1v) is 8.57. The second kappa shape index (κ2) is 6.24. The van der Waals surface area contributed by atoms with Crippen LogP contribution in [0.3, 0.4) is 0 Å². The molecule has 0 amide bonds. The predicted octanol–water partition coefficient (Wildman–Crippen LogP) is 1.65. The average molecular weight is 382 g/mol. The first-order valence-electron chi connectivity index (χ1n) is 7.16. The number of rotatable bonds is 3. The van der Waals surface area contributed by atoms with Gasteiger partial charge in [-0.25, -0.2) is 8.98 Å². The van der Waals surface area contributed by atoms with Gasteiger partial charge in [-0.05, 0) is 6.92 Å². The molecular weight excluding hydrogens is 369 g/mol. The zero-order valence-electron chi connectivity index (χ0n) is 12.7. The molecule has 0 unspecified atom stereocenters. The Kier molecular flexibility index (Phi) is 4.52. The molecule has 0 saturated carbocycles. The smallest absolute Gasteiger partial charge is 0.455 e. The summed E-state index contributed by atoms with van der Waals surface area (Å²) in [4.78, 5) is 11.8. The van der Waals surface area contributed by atoms with E-state index in [-0.39, 0.29) is 0 Å². The van der Waals surface area contributed by atoms with Gasteiger partial charge in [-0.15, -0.1) is 0 Å². The predicted molar refractivity (Wildman–Crippen MR) is 74.3 cm³/mol. The summed E-state index contributed by atoms with van der Waals surface area (Å²) in [5, 5.41) is 0. The summed E-state index contributed by atoms with van der Waals surface area (Å²) < 4.78 is 80.0. The van der Waals surface area contributed by atoms with Crippen LogP contribution in [0.2, 0.25) is 0 Å². The third kappa shape index (κ3) is 3.36. The summed E-state index contributed by atoms with van der Waals surface area (Å²) in [5.74, 6) is -1.26. The number of carbonyl (C=O) groups excluding carboxylic acids is 1. The average Bonchev–Trinajstić information content (AvgIpc) is 2.84. The van der Waals surface area contributed by atoms with Crippen LogP contribution in [0, 0.1) is 0 Å². The maximum Gasteiger partial charge on any atom is 0.523 e. The Balaban J connectivity index is 1.85. The fourth-order valence-electron chi connectivity index (χ4n) is 2.59. The molecule has 138 valence electrons. The maximum atomic E-state index is 12.5. The summed E-state index contributed by atoms with van der Waals surface area (Å²) in [5.41, 5.74) is -5.12. The van der Waals surface area contributed by atoms with Crippen LogP contribution in [0.1, 0.15) is 18.8 Å². The van der Waals surface area contributed by atoms with Crippen molar-refractivity contribution in [1.82, 2.24) is 0 Å². The molecule has 2 fully saturated rings. The molecule has 25 heavy (non-hydrogen) atoms. The first kappa shape index (κ1) is 18.1. The van der Waals surface area contributed by atoms with Crippen LogP contribution >= 0.6 is 0 Å². The first-order chi connectivity index (χ1) is 11.6. The normalized spacial score (nSPS) is 33.0. The molecular formula is C14H13F3O7S. The summed E-state index contributed by atoms with van der Waals surface area (Å²) >= 11 is 0. The fraction of sp³-hybridized carbons (Fsp3) is 0.500. The van der Waals surface area contributed by atoms with E-state index in [1.54, 1.807) is 30.3 Å². The molecule has 7 nitrogen and oxygen atoms in total. The van der Waals surface area contributed by atoms with Gasteiger partial charge < -0.3 is 14.2 Å². The van der Waals surface area contributed by atoms with Crippen molar-refractivity contribution in [3.8, 4) is 0 Å². The highest BCUT2D eigenvalue weighted by molar-refractivity contribution is 7.87. The lowest BCUT2D eigenvalue weighted by Crippen LogP contribution is -2.48. The van der Waals surface area contributed by atoms with Gasteiger partial charge in [-0.1, -0.05) is 30.3 Å². The van der Waals surface area contributed by atoms with Crippen LogP contribution in [0.15, 0.2) is 30.3 Å². The minimum atomic E-state index is -5.99. The van der Waals surface area contributed by atoms with Crippen molar-refractivity contribution in [3.05, 3.63) is 35.9 Å². The Labute approximate surface area is 140 Å². The van der Waals surface area contributed by atoms with Gasteiger partial charge in [0, 0.05) is 5.56 Å². The lowest BCUT2D eigenvalue weighted by atomic mass is 10.0. The van der Waals surface area contributed by atoms with Crippen LogP contribution in [-0.4, -0.2) is 44.3 Å². The van der Waals surface area contributed by atoms with Crippen LogP contribution in [0.4, 0.5) is 13.2 Å². The molecule has 2 aliphatic heterocycles. The highest BCUT2D eigenvalue weighted by atomic mass is 32.2. The monoisotopic (exact) mass is 382 g/mol. The summed E-state index contributed by atoms with van der Waals surface area (Å²) in [6, 6.07) is 8.42. The Morgan fingerprint density at radius 1 is 1.08 bits per heavy atom. The van der Waals surface area contributed by atoms with Gasteiger partial charge in [-0.2, -0.15) is 21.6 Å². The summed E-state index contributed by atoms with van der Waals surface area (Å²) in [6.07, 6.45) is -6.25. The highest BCUT2D eigenvalue weighted by Gasteiger charge is 2.58. The van der Waals surface area contributed by atoms with Crippen molar-refractivity contribution in [2.45, 2.75) is 43.1 Å². The molecule has 5 atom stereocenters. The fourth-order valence-corrected chi connectivity index (χ4v) is 3.16. The molecule has 2 aliphatic rings. The number of halogens is 3. The van der Waals surface area contributed by atoms with Crippen molar-refractivity contribution in [2.24, 2.45) is 0 Å². The molecule has 3 rings (SSSR count). The number of benzene rings is 1. The van der Waals surface area contributed by atoms with Gasteiger partial charge in [0.1, 0.15) is 6.10 Å². The van der Waals surface area contributed by atoms with E-state index < -0.39 is 52.3 Å². The molecule has 0 aliphatic carbocycles. The van der Waals surface area contributed by atoms with Crippen molar-refractivity contribution in [1.29, 1.82) is 0 Å². The van der Waals surface area contributed by atoms with E-state index in [0.717, 1.165) is 0 Å². The second-order valence-corrected chi connectivity index (χ2v) is 7.07. The maximum absolute atomic E-state index is 12.5. The molecule has 0 spiro atoms. The zero-order chi connectivity index (χ0) is 18.4. The number of hydrogen-bond donors (Lipinski definition) is 0. The van der Waals surface area contributed by atoms with Gasteiger partial charge >= 0.3 is 21.6 Å². The Hall–Kier alpha value is -1.69. The van der Waals surface area contributed by atoms with Gasteiger partial charge in [-0.3, -0.25) is 0 Å². The number of fused-ring (bicyclic) bond motifs is 1. The van der Waals surface area contributed by atoms with Crippen molar-refractivity contribution in [2.75, 3.05) is 0 Å². The van der Waals surface area contributed by atoms with E-state index in [2.05, 4.69) is 4.18 Å². The molecule has 1 aromatic carbocycles. The zero-order valence-corrected chi connectivity index (χ0v) is 13.5. The Morgan fingerprint density at radius 2 is 1.72 bits per heavy atom. The van der Waals surface area contributed by atoms with Crippen molar-refractivity contribution < 1.29 is 44.8 Å². The van der Waals surface area contributed by atoms with E-state index in [1.165, 1.54) is 6.92 Å². The van der Waals surface area contributed by atoms with E-state index in [1.807, 2.05) is 0 Å². The molecule has 0 bridgehead atoms. The molecule has 2 saturated heterocycles. The number of carbonyl (C=O) groups is 1. The van der Waals surface area contributed by atoms with E-state index in [4.69, 9.17) is 14.2 Å². The minimum Gasteiger partial charge on any atom is -0.455 e. The highest BCUT2D eigenvalue weighted by Crippen LogP contribution is 2.39. The molecule has 1 aromatic rings. The third-order valence-electron chi connectivity index (χ3n) is 3.77. The largest absolute Gasteiger partial charge is 0.523 e. The van der Waals surface area contributed by atoms with E-state index in [0.29, 0.717) is 5.56 Å². The number of ether oxygens (including phenoxy) is 3. The van der Waals surface area contributed by atoms with Crippen LogP contribution in [0.25, 0.3) is 0 Å². The Bertz CT molecular complexity index is 749.